The molecule has 1 aromatic carbocycles. The lowest BCUT2D eigenvalue weighted by Crippen LogP contribution is -2.29. The van der Waals surface area contributed by atoms with Crippen LogP contribution in [-0.2, 0) is 0 Å². The van der Waals surface area contributed by atoms with E-state index in [2.05, 4.69) is 20.6 Å². The van der Waals surface area contributed by atoms with Gasteiger partial charge in [-0.05, 0) is 44.1 Å². The number of nitriles is 1. The van der Waals surface area contributed by atoms with E-state index >= 15 is 0 Å². The first kappa shape index (κ1) is 16.4. The third-order valence-electron chi connectivity index (χ3n) is 4.62. The number of nitrogens with one attached hydrogen (secondary N) is 2. The van der Waals surface area contributed by atoms with Crippen LogP contribution < -0.4 is 10.6 Å². The fourth-order valence-electron chi connectivity index (χ4n) is 3.31. The van der Waals surface area contributed by atoms with Crippen molar-refractivity contribution in [2.45, 2.75) is 18.9 Å². The molecule has 1 aliphatic rings. The van der Waals surface area contributed by atoms with Crippen molar-refractivity contribution in [3.63, 3.8) is 0 Å². The first-order valence-corrected chi connectivity index (χ1v) is 8.36. The Balaban J connectivity index is 1.74. The second-order valence-corrected chi connectivity index (χ2v) is 6.22. The summed E-state index contributed by atoms with van der Waals surface area (Å²) in [7, 11) is 0. The van der Waals surface area contributed by atoms with Gasteiger partial charge in [0.15, 0.2) is 5.82 Å². The molecule has 0 aliphatic carbocycles. The van der Waals surface area contributed by atoms with E-state index in [9.17, 15) is 8.78 Å². The molecular weight excluding hydrogens is 338 g/mol. The third-order valence-corrected chi connectivity index (χ3v) is 4.62. The fourth-order valence-corrected chi connectivity index (χ4v) is 3.31. The molecule has 1 fully saturated rings. The molecule has 6 nitrogen and oxygen atoms in total. The number of benzene rings is 1. The van der Waals surface area contributed by atoms with E-state index in [0.717, 1.165) is 32.0 Å². The Morgan fingerprint density at radius 2 is 2.00 bits per heavy atom. The van der Waals surface area contributed by atoms with E-state index in [1.807, 2.05) is 10.6 Å². The molecule has 0 atom stereocenters. The second kappa shape index (κ2) is 6.69. The smallest absolute Gasteiger partial charge is 0.154 e. The van der Waals surface area contributed by atoms with Crippen LogP contribution in [-0.4, -0.2) is 27.6 Å². The predicted molar refractivity (Wildman–Crippen MR) is 93.0 cm³/mol. The van der Waals surface area contributed by atoms with Gasteiger partial charge in [-0.15, -0.1) is 0 Å². The quantitative estimate of drug-likeness (QED) is 0.755. The Morgan fingerprint density at radius 3 is 2.73 bits per heavy atom. The summed E-state index contributed by atoms with van der Waals surface area (Å²) in [5, 5.41) is 15.2. The summed E-state index contributed by atoms with van der Waals surface area (Å²) in [4.78, 5) is 8.33. The molecule has 4 rings (SSSR count). The average Bonchev–Trinajstić information content (AvgIpc) is 3.02. The van der Waals surface area contributed by atoms with Crippen LogP contribution in [0.2, 0.25) is 0 Å². The van der Waals surface area contributed by atoms with Crippen LogP contribution in [0.15, 0.2) is 30.7 Å². The number of anilines is 2. The van der Waals surface area contributed by atoms with Crippen molar-refractivity contribution in [3.8, 4) is 6.07 Å². The van der Waals surface area contributed by atoms with Gasteiger partial charge < -0.3 is 15.2 Å². The van der Waals surface area contributed by atoms with Crippen molar-refractivity contribution in [1.82, 2.24) is 19.9 Å². The van der Waals surface area contributed by atoms with Gasteiger partial charge in [0.25, 0.3) is 0 Å². The van der Waals surface area contributed by atoms with Crippen LogP contribution in [0, 0.1) is 23.0 Å². The van der Waals surface area contributed by atoms with Crippen LogP contribution >= 0.6 is 0 Å². The minimum Gasteiger partial charge on any atom is -0.337 e. The van der Waals surface area contributed by atoms with E-state index in [1.165, 1.54) is 24.7 Å². The summed E-state index contributed by atoms with van der Waals surface area (Å²) in [6.07, 6.45) is 4.55. The van der Waals surface area contributed by atoms with Crippen molar-refractivity contribution < 1.29 is 8.78 Å². The maximum atomic E-state index is 14.7. The summed E-state index contributed by atoms with van der Waals surface area (Å²) in [6.45, 7) is 1.75. The lowest BCUT2D eigenvalue weighted by atomic mass is 10.1. The summed E-state index contributed by atoms with van der Waals surface area (Å²) >= 11 is 0. The highest BCUT2D eigenvalue weighted by Crippen LogP contribution is 2.31. The number of piperidine rings is 1. The van der Waals surface area contributed by atoms with Gasteiger partial charge in [-0.1, -0.05) is 0 Å². The maximum absolute atomic E-state index is 14.7. The number of rotatable bonds is 3. The van der Waals surface area contributed by atoms with Gasteiger partial charge in [0, 0.05) is 12.2 Å². The molecule has 0 spiro atoms. The average molecular weight is 354 g/mol. The van der Waals surface area contributed by atoms with Gasteiger partial charge in [0.2, 0.25) is 0 Å². The molecule has 0 amide bonds. The zero-order valence-corrected chi connectivity index (χ0v) is 13.8. The molecule has 0 saturated carbocycles. The van der Waals surface area contributed by atoms with Gasteiger partial charge in [-0.3, -0.25) is 0 Å². The summed E-state index contributed by atoms with van der Waals surface area (Å²) < 4.78 is 30.6. The molecule has 132 valence electrons. The van der Waals surface area contributed by atoms with E-state index < -0.39 is 11.6 Å². The molecule has 2 N–H and O–H groups in total. The number of fused-ring (bicyclic) bond motifs is 1. The topological polar surface area (TPSA) is 78.6 Å². The monoisotopic (exact) mass is 354 g/mol. The molecule has 1 aliphatic heterocycles. The highest BCUT2D eigenvalue weighted by Gasteiger charge is 2.22. The van der Waals surface area contributed by atoms with Crippen LogP contribution in [0.4, 0.5) is 20.3 Å². The summed E-state index contributed by atoms with van der Waals surface area (Å²) in [5.74, 6) is -0.853. The molecule has 8 heteroatoms. The largest absolute Gasteiger partial charge is 0.337 e. The Bertz CT molecular complexity index is 1000. The number of hydrogen-bond donors (Lipinski definition) is 2. The van der Waals surface area contributed by atoms with E-state index in [-0.39, 0.29) is 28.5 Å². The van der Waals surface area contributed by atoms with Crippen LogP contribution in [0.25, 0.3) is 11.0 Å². The van der Waals surface area contributed by atoms with Crippen molar-refractivity contribution in [2.75, 3.05) is 18.4 Å². The number of halogens is 2. The minimum atomic E-state index is -0.603. The Kier molecular flexibility index (Phi) is 4.22. The zero-order chi connectivity index (χ0) is 18.1. The fraction of sp³-hybridized carbons (Fsp3) is 0.278. The predicted octanol–water partition coefficient (Wildman–Crippen LogP) is 3.25. The summed E-state index contributed by atoms with van der Waals surface area (Å²) in [6, 6.07) is 6.08. The lowest BCUT2D eigenvalue weighted by molar-refractivity contribution is 0.372. The SMILES string of the molecule is N#Cc1ccc(Nc2ncnc3c2c(F)cn3C2CCNCC2)c(F)c1. The Morgan fingerprint density at radius 1 is 1.19 bits per heavy atom. The lowest BCUT2D eigenvalue weighted by Gasteiger charge is -2.24. The first-order valence-electron chi connectivity index (χ1n) is 8.36. The molecule has 1 saturated heterocycles. The van der Waals surface area contributed by atoms with E-state index in [4.69, 9.17) is 5.26 Å². The molecule has 0 radical (unpaired) electrons. The number of hydrogen-bond acceptors (Lipinski definition) is 5. The molecule has 26 heavy (non-hydrogen) atoms. The Labute approximate surface area is 148 Å². The number of nitrogens with zero attached hydrogens (tertiary/aromatic N) is 4. The van der Waals surface area contributed by atoms with Crippen LogP contribution in [0.3, 0.4) is 0 Å². The van der Waals surface area contributed by atoms with Crippen molar-refractivity contribution in [2.24, 2.45) is 0 Å². The van der Waals surface area contributed by atoms with Gasteiger partial charge in [-0.25, -0.2) is 18.7 Å². The second-order valence-electron chi connectivity index (χ2n) is 6.22. The molecule has 3 aromatic rings. The van der Waals surface area contributed by atoms with Crippen LogP contribution in [0.5, 0.6) is 0 Å². The van der Waals surface area contributed by atoms with Crippen molar-refractivity contribution >= 4 is 22.5 Å². The van der Waals surface area contributed by atoms with Gasteiger partial charge >= 0.3 is 0 Å². The normalized spacial score (nSPS) is 15.1. The van der Waals surface area contributed by atoms with Crippen LogP contribution in [0.1, 0.15) is 24.4 Å². The van der Waals surface area contributed by atoms with E-state index in [0.29, 0.717) is 5.65 Å². The molecule has 0 bridgehead atoms. The van der Waals surface area contributed by atoms with Crippen molar-refractivity contribution in [3.05, 3.63) is 47.9 Å². The minimum absolute atomic E-state index is 0.123. The van der Waals surface area contributed by atoms with Gasteiger partial charge in [-0.2, -0.15) is 5.26 Å². The van der Waals surface area contributed by atoms with E-state index in [1.54, 1.807) is 0 Å². The standard InChI is InChI=1S/C18H16F2N6/c19-13-7-11(8-21)1-2-15(13)25-17-16-14(20)9-26(18(16)24-10-23-17)12-3-5-22-6-4-12/h1-2,7,9-10,12,22H,3-6H2,(H,23,24,25). The maximum Gasteiger partial charge on any atom is 0.154 e. The zero-order valence-electron chi connectivity index (χ0n) is 13.8. The Hall–Kier alpha value is -3.05. The van der Waals surface area contributed by atoms with Gasteiger partial charge in [0.1, 0.15) is 23.6 Å². The molecule has 0 unspecified atom stereocenters. The first-order chi connectivity index (χ1) is 12.7. The molecule has 3 heterocycles. The highest BCUT2D eigenvalue weighted by atomic mass is 19.1. The third kappa shape index (κ3) is 2.86. The van der Waals surface area contributed by atoms with Gasteiger partial charge in [0.05, 0.1) is 22.7 Å². The van der Waals surface area contributed by atoms with Crippen molar-refractivity contribution in [1.29, 1.82) is 5.26 Å². The molecule has 2 aromatic heterocycles. The number of aromatic nitrogens is 3. The summed E-state index contributed by atoms with van der Waals surface area (Å²) in [5.41, 5.74) is 0.822. The highest BCUT2D eigenvalue weighted by molar-refractivity contribution is 5.90. The molecular formula is C18H16F2N6.